The van der Waals surface area contributed by atoms with Crippen LogP contribution in [0.2, 0.25) is 0 Å². The van der Waals surface area contributed by atoms with E-state index in [2.05, 4.69) is 26.4 Å². The van der Waals surface area contributed by atoms with E-state index in [4.69, 9.17) is 8.97 Å². The van der Waals surface area contributed by atoms with Gasteiger partial charge in [0.2, 0.25) is 11.8 Å². The van der Waals surface area contributed by atoms with E-state index in [1.807, 2.05) is 0 Å². The molecule has 154 valence electrons. The lowest BCUT2D eigenvalue weighted by atomic mass is 9.85. The Morgan fingerprint density at radius 2 is 2.21 bits per heavy atom. The van der Waals surface area contributed by atoms with Crippen molar-refractivity contribution in [3.8, 4) is 0 Å². The highest BCUT2D eigenvalue weighted by Gasteiger charge is 2.64. The van der Waals surface area contributed by atoms with Crippen molar-refractivity contribution in [3.63, 3.8) is 0 Å². The smallest absolute Gasteiger partial charge is 0.418 e. The van der Waals surface area contributed by atoms with Crippen LogP contribution in [0.5, 0.6) is 0 Å². The molecule has 13 heteroatoms. The Bertz CT molecular complexity index is 912. The van der Waals surface area contributed by atoms with Gasteiger partial charge in [0.1, 0.15) is 12.1 Å². The first-order valence-corrected chi connectivity index (χ1v) is 10.1. The highest BCUT2D eigenvalue weighted by Crippen LogP contribution is 2.61. The van der Waals surface area contributed by atoms with Gasteiger partial charge in [-0.2, -0.15) is 13.5 Å². The molecular weight excluding hydrogens is 394 g/mol. The van der Waals surface area contributed by atoms with E-state index in [9.17, 15) is 18.3 Å². The quantitative estimate of drug-likeness (QED) is 0.528. The van der Waals surface area contributed by atoms with Crippen molar-refractivity contribution in [2.45, 2.75) is 44.4 Å². The number of hydroxylamine groups is 2. The third kappa shape index (κ3) is 3.34. The number of hydrogen-bond donors (Lipinski definition) is 3. The molecule has 3 atom stereocenters. The fraction of sp³-hybridized carbons (Fsp3) is 0.667. The molecule has 2 aliphatic heterocycles. The fourth-order valence-corrected chi connectivity index (χ4v) is 4.28. The number of nitrogens with one attached hydrogen (secondary N) is 1. The number of aliphatic hydroxyl groups is 1. The fourth-order valence-electron chi connectivity index (χ4n) is 3.91. The summed E-state index contributed by atoms with van der Waals surface area (Å²) >= 11 is 0. The van der Waals surface area contributed by atoms with Crippen LogP contribution in [0.25, 0.3) is 0 Å². The summed E-state index contributed by atoms with van der Waals surface area (Å²) in [5, 5.41) is 21.6. The maximum atomic E-state index is 12.7. The van der Waals surface area contributed by atoms with Gasteiger partial charge in [0, 0.05) is 18.8 Å². The zero-order valence-corrected chi connectivity index (χ0v) is 15.9. The normalized spacial score (nSPS) is 26.6. The Morgan fingerprint density at radius 3 is 2.82 bits per heavy atom. The summed E-state index contributed by atoms with van der Waals surface area (Å²) in [4.78, 5) is 14.1. The number of nitrogens with zero attached hydrogens (tertiary/aromatic N) is 4. The molecular formula is C15H21N5O7S. The van der Waals surface area contributed by atoms with E-state index in [1.54, 1.807) is 6.92 Å². The van der Waals surface area contributed by atoms with Crippen LogP contribution >= 0.6 is 0 Å². The maximum Gasteiger partial charge on any atom is 0.418 e. The molecule has 2 saturated heterocycles. The Labute approximate surface area is 161 Å². The van der Waals surface area contributed by atoms with Crippen LogP contribution in [0.4, 0.5) is 4.79 Å². The van der Waals surface area contributed by atoms with Gasteiger partial charge in [0.25, 0.3) is 0 Å². The van der Waals surface area contributed by atoms with Crippen molar-refractivity contribution in [2.75, 3.05) is 13.1 Å². The van der Waals surface area contributed by atoms with E-state index >= 15 is 0 Å². The van der Waals surface area contributed by atoms with E-state index in [-0.39, 0.29) is 30.3 Å². The number of rotatable bonds is 7. The standard InChI is InChI=1S/C15H21N5O7S/c1-8(2)16-6-10(21)13-18-17-12(26-13)9-5-15(3-4-15)11-7-19(9)14(22)20(11)27-28(23,24)25/h9-11,16,21H,1,3-7H2,2H3,(H,23,24,25)/t9-,10+,11-/m0/s1. The summed E-state index contributed by atoms with van der Waals surface area (Å²) in [6.07, 6.45) is 1.02. The average Bonchev–Trinajstić information content (AvgIpc) is 3.09. The molecule has 1 aliphatic carbocycles. The van der Waals surface area contributed by atoms with Gasteiger partial charge < -0.3 is 19.7 Å². The molecule has 3 N–H and O–H groups in total. The topological polar surface area (TPSA) is 158 Å². The van der Waals surface area contributed by atoms with Crippen molar-refractivity contribution < 1.29 is 31.6 Å². The van der Waals surface area contributed by atoms with E-state index in [0.29, 0.717) is 12.1 Å². The molecule has 1 aromatic heterocycles. The molecule has 1 aromatic rings. The highest BCUT2D eigenvalue weighted by atomic mass is 32.3. The second-order valence-electron chi connectivity index (χ2n) is 7.52. The van der Waals surface area contributed by atoms with Gasteiger partial charge in [-0.25, -0.2) is 4.79 Å². The molecule has 2 bridgehead atoms. The Morgan fingerprint density at radius 1 is 1.50 bits per heavy atom. The summed E-state index contributed by atoms with van der Waals surface area (Å²) in [5.74, 6) is 0.171. The number of carbonyl (C=O) groups excluding carboxylic acids is 1. The number of amides is 2. The van der Waals surface area contributed by atoms with Gasteiger partial charge in [-0.05, 0) is 31.6 Å². The second kappa shape index (κ2) is 6.40. The lowest BCUT2D eigenvalue weighted by molar-refractivity contribution is -0.0530. The summed E-state index contributed by atoms with van der Waals surface area (Å²) < 4.78 is 41.4. The monoisotopic (exact) mass is 415 g/mol. The minimum atomic E-state index is -4.82. The molecule has 1 saturated carbocycles. The van der Waals surface area contributed by atoms with Gasteiger partial charge in [-0.3, -0.25) is 4.55 Å². The molecule has 0 aromatic carbocycles. The predicted octanol–water partition coefficient (Wildman–Crippen LogP) is 0.292. The van der Waals surface area contributed by atoms with Crippen LogP contribution < -0.4 is 5.32 Å². The first-order valence-electron chi connectivity index (χ1n) is 8.77. The number of hydrogen-bond acceptors (Lipinski definition) is 9. The van der Waals surface area contributed by atoms with Crippen molar-refractivity contribution >= 4 is 16.4 Å². The number of fused-ring (bicyclic) bond motifs is 3. The molecule has 3 aliphatic rings. The predicted molar refractivity (Wildman–Crippen MR) is 91.5 cm³/mol. The third-order valence-corrected chi connectivity index (χ3v) is 5.81. The molecule has 0 radical (unpaired) electrons. The molecule has 3 fully saturated rings. The third-order valence-electron chi connectivity index (χ3n) is 5.46. The zero-order valence-electron chi connectivity index (χ0n) is 15.1. The van der Waals surface area contributed by atoms with Gasteiger partial charge in [0.05, 0.1) is 6.04 Å². The molecule has 3 heterocycles. The van der Waals surface area contributed by atoms with Crippen molar-refractivity contribution in [2.24, 2.45) is 5.41 Å². The number of urea groups is 1. The summed E-state index contributed by atoms with van der Waals surface area (Å²) in [6, 6.07) is -1.74. The summed E-state index contributed by atoms with van der Waals surface area (Å²) in [5.41, 5.74) is 0.349. The van der Waals surface area contributed by atoms with Crippen LogP contribution in [-0.2, 0) is 14.7 Å². The Hall–Kier alpha value is -2.22. The summed E-state index contributed by atoms with van der Waals surface area (Å²) in [6.45, 7) is 5.79. The van der Waals surface area contributed by atoms with Gasteiger partial charge in [-0.1, -0.05) is 6.58 Å². The highest BCUT2D eigenvalue weighted by molar-refractivity contribution is 7.80. The summed E-state index contributed by atoms with van der Waals surface area (Å²) in [7, 11) is -4.82. The maximum absolute atomic E-state index is 12.7. The lowest BCUT2D eigenvalue weighted by Crippen LogP contribution is -2.43. The number of aromatic nitrogens is 2. The van der Waals surface area contributed by atoms with Crippen LogP contribution in [-0.4, -0.2) is 63.4 Å². The van der Waals surface area contributed by atoms with Crippen LogP contribution in [0.3, 0.4) is 0 Å². The largest absolute Gasteiger partial charge is 0.420 e. The Balaban J connectivity index is 1.56. The number of allylic oxidation sites excluding steroid dienone is 1. The van der Waals surface area contributed by atoms with E-state index in [0.717, 1.165) is 17.9 Å². The van der Waals surface area contributed by atoms with Crippen molar-refractivity contribution in [1.82, 2.24) is 25.5 Å². The second-order valence-corrected chi connectivity index (χ2v) is 8.52. The van der Waals surface area contributed by atoms with Crippen LogP contribution in [0.15, 0.2) is 16.7 Å². The van der Waals surface area contributed by atoms with Crippen molar-refractivity contribution in [3.05, 3.63) is 24.1 Å². The number of carbonyl (C=O) groups is 1. The van der Waals surface area contributed by atoms with Gasteiger partial charge >= 0.3 is 16.4 Å². The number of aliphatic hydroxyl groups excluding tert-OH is 1. The first-order chi connectivity index (χ1) is 13.1. The average molecular weight is 415 g/mol. The first kappa shape index (κ1) is 19.1. The minimum Gasteiger partial charge on any atom is -0.420 e. The van der Waals surface area contributed by atoms with Crippen LogP contribution in [0.1, 0.15) is 50.1 Å². The molecule has 0 unspecified atom stereocenters. The van der Waals surface area contributed by atoms with E-state index < -0.39 is 34.6 Å². The minimum absolute atomic E-state index is 0.00779. The van der Waals surface area contributed by atoms with Gasteiger partial charge in [-0.15, -0.1) is 14.5 Å². The van der Waals surface area contributed by atoms with Gasteiger partial charge in [0.15, 0.2) is 0 Å². The molecule has 28 heavy (non-hydrogen) atoms. The van der Waals surface area contributed by atoms with Crippen LogP contribution in [0, 0.1) is 5.41 Å². The molecule has 12 nitrogen and oxygen atoms in total. The molecule has 4 rings (SSSR count). The molecule has 1 spiro atoms. The number of piperidine rings is 1. The lowest BCUT2D eigenvalue weighted by Gasteiger charge is -2.34. The molecule has 2 amide bonds. The van der Waals surface area contributed by atoms with Crippen molar-refractivity contribution in [1.29, 1.82) is 0 Å². The Kier molecular flexibility index (Phi) is 4.37. The van der Waals surface area contributed by atoms with E-state index in [1.165, 1.54) is 4.90 Å². The zero-order chi connectivity index (χ0) is 20.3. The SMILES string of the molecule is C=C(C)NC[C@@H](O)c1nnc([C@@H]2CC3(CC3)[C@@H]3CN2C(=O)N3OS(=O)(=O)O)o1.